The van der Waals surface area contributed by atoms with E-state index in [2.05, 4.69) is 9.97 Å². The largest absolute Gasteiger partial charge is 0.287 e. The molecule has 0 saturated carbocycles. The molecule has 0 radical (unpaired) electrons. The third-order valence-corrected chi connectivity index (χ3v) is 6.10. The summed E-state index contributed by atoms with van der Waals surface area (Å²) in [5.41, 5.74) is 1.28. The number of nitrogens with zero attached hydrogens (tertiary/aromatic N) is 4. The van der Waals surface area contributed by atoms with Gasteiger partial charge in [-0.2, -0.15) is 0 Å². The Morgan fingerprint density at radius 1 is 0.556 bits per heavy atom. The Balaban J connectivity index is 1.63. The predicted molar refractivity (Wildman–Crippen MR) is 131 cm³/mol. The topological polar surface area (TPSA) is 101 Å². The Morgan fingerprint density at radius 3 is 1.36 bits per heavy atom. The van der Waals surface area contributed by atoms with Gasteiger partial charge < -0.3 is 0 Å². The van der Waals surface area contributed by atoms with Gasteiger partial charge in [0.2, 0.25) is 11.6 Å². The van der Waals surface area contributed by atoms with Gasteiger partial charge in [-0.05, 0) is 48.5 Å². The summed E-state index contributed by atoms with van der Waals surface area (Å²) in [6, 6.07) is 19.6. The van der Waals surface area contributed by atoms with Crippen molar-refractivity contribution >= 4 is 34.8 Å². The lowest BCUT2D eigenvalue weighted by atomic mass is 10.1. The monoisotopic (exact) mass is 472 g/mol. The molecule has 4 aromatic rings. The second-order valence-electron chi connectivity index (χ2n) is 8.15. The van der Waals surface area contributed by atoms with Gasteiger partial charge in [-0.3, -0.25) is 38.9 Å². The number of fused-ring (bicyclic) bond motifs is 2. The predicted octanol–water partition coefficient (Wildman–Crippen LogP) is 4.07. The minimum Gasteiger partial charge on any atom is -0.287 e. The van der Waals surface area contributed by atoms with Crippen LogP contribution in [-0.4, -0.2) is 33.3 Å². The highest BCUT2D eigenvalue weighted by Gasteiger charge is 2.46. The molecule has 36 heavy (non-hydrogen) atoms. The normalized spacial score (nSPS) is 16.2. The van der Waals surface area contributed by atoms with Crippen LogP contribution in [0.5, 0.6) is 0 Å². The molecule has 0 atom stereocenters. The number of carbonyl (C=O) groups is 4. The van der Waals surface area contributed by atoms with E-state index < -0.39 is 23.4 Å². The molecule has 0 spiro atoms. The summed E-state index contributed by atoms with van der Waals surface area (Å²) >= 11 is 0. The Morgan fingerprint density at radius 2 is 0.972 bits per heavy atom. The van der Waals surface area contributed by atoms with Crippen molar-refractivity contribution in [3.63, 3.8) is 0 Å². The molecule has 8 heteroatoms. The molecule has 0 bridgehead atoms. The first-order chi connectivity index (χ1) is 17.6. The first-order valence-electron chi connectivity index (χ1n) is 11.1. The SMILES string of the molecule is O=C1C(=C2C(=O)c3ccccc3N2C(=O)c2cccnc2)N(C(=O)c2cccnc2)c2ccccc21. The van der Waals surface area contributed by atoms with Crippen LogP contribution in [0.2, 0.25) is 0 Å². The van der Waals surface area contributed by atoms with E-state index in [0.717, 1.165) is 0 Å². The van der Waals surface area contributed by atoms with Gasteiger partial charge in [0.25, 0.3) is 11.8 Å². The second kappa shape index (κ2) is 8.21. The van der Waals surface area contributed by atoms with Crippen LogP contribution in [0.25, 0.3) is 0 Å². The fourth-order valence-corrected chi connectivity index (χ4v) is 4.51. The van der Waals surface area contributed by atoms with E-state index in [0.29, 0.717) is 11.4 Å². The molecule has 0 N–H and O–H groups in total. The Kier molecular flexibility index (Phi) is 4.86. The lowest BCUT2D eigenvalue weighted by Crippen LogP contribution is -2.36. The number of para-hydroxylation sites is 2. The third-order valence-electron chi connectivity index (χ3n) is 6.10. The van der Waals surface area contributed by atoms with Crippen LogP contribution < -0.4 is 9.80 Å². The Labute approximate surface area is 205 Å². The first-order valence-corrected chi connectivity index (χ1v) is 11.1. The molecule has 2 aromatic carbocycles. The van der Waals surface area contributed by atoms with Crippen molar-refractivity contribution in [2.45, 2.75) is 0 Å². The summed E-state index contributed by atoms with van der Waals surface area (Å²) in [4.78, 5) is 65.4. The molecule has 4 heterocycles. The fraction of sp³-hybridized carbons (Fsp3) is 0. The molecule has 0 aliphatic carbocycles. The Bertz CT molecular complexity index is 1490. The Hall–Kier alpha value is -5.24. The third kappa shape index (κ3) is 3.08. The van der Waals surface area contributed by atoms with Crippen LogP contribution >= 0.6 is 0 Å². The molecule has 2 amide bonds. The van der Waals surface area contributed by atoms with E-state index >= 15 is 0 Å². The van der Waals surface area contributed by atoms with Crippen molar-refractivity contribution in [2.24, 2.45) is 0 Å². The number of amides is 2. The average molecular weight is 472 g/mol. The number of carbonyl (C=O) groups excluding carboxylic acids is 4. The number of anilines is 2. The zero-order valence-corrected chi connectivity index (χ0v) is 18.7. The van der Waals surface area contributed by atoms with E-state index in [1.165, 1.54) is 34.6 Å². The van der Waals surface area contributed by atoms with Crippen LogP contribution in [0, 0.1) is 0 Å². The highest BCUT2D eigenvalue weighted by molar-refractivity contribution is 6.35. The van der Waals surface area contributed by atoms with Gasteiger partial charge >= 0.3 is 0 Å². The summed E-state index contributed by atoms with van der Waals surface area (Å²) in [5, 5.41) is 0. The smallest absolute Gasteiger partial charge is 0.264 e. The van der Waals surface area contributed by atoms with E-state index in [9.17, 15) is 19.2 Å². The summed E-state index contributed by atoms with van der Waals surface area (Å²) in [6.07, 6.45) is 5.84. The number of Topliss-reactive ketones (excluding diaryl/α,β-unsaturated/α-hetero) is 2. The van der Waals surface area contributed by atoms with Crippen molar-refractivity contribution in [1.82, 2.24) is 9.97 Å². The molecule has 0 fully saturated rings. The van der Waals surface area contributed by atoms with Crippen LogP contribution in [-0.2, 0) is 0 Å². The highest BCUT2D eigenvalue weighted by Crippen LogP contribution is 2.43. The number of hydrogen-bond acceptors (Lipinski definition) is 6. The maximum absolute atomic E-state index is 13.8. The maximum Gasteiger partial charge on any atom is 0.264 e. The molecule has 8 nitrogen and oxygen atoms in total. The molecule has 0 unspecified atom stereocenters. The van der Waals surface area contributed by atoms with Gasteiger partial charge in [0.1, 0.15) is 11.4 Å². The van der Waals surface area contributed by atoms with Crippen molar-refractivity contribution in [3.8, 4) is 0 Å². The number of allylic oxidation sites excluding steroid dienone is 2. The molecule has 6 rings (SSSR count). The van der Waals surface area contributed by atoms with E-state index in [1.807, 2.05) is 0 Å². The zero-order chi connectivity index (χ0) is 24.8. The van der Waals surface area contributed by atoms with Crippen molar-refractivity contribution in [2.75, 3.05) is 9.80 Å². The van der Waals surface area contributed by atoms with E-state index in [-0.39, 0.29) is 33.6 Å². The standard InChI is InChI=1S/C28H16N4O4/c33-25-19-9-1-3-11-21(19)31(27(35)17-7-5-13-29-15-17)23(25)24-26(34)20-10-2-4-12-22(20)32(24)28(36)18-8-6-14-30-16-18/h1-16H. The van der Waals surface area contributed by atoms with Gasteiger partial charge in [-0.25, -0.2) is 0 Å². The minimum atomic E-state index is -0.540. The molecule has 172 valence electrons. The lowest BCUT2D eigenvalue weighted by molar-refractivity contribution is 0.0953. The van der Waals surface area contributed by atoms with Gasteiger partial charge in [-0.15, -0.1) is 0 Å². The van der Waals surface area contributed by atoms with Crippen molar-refractivity contribution < 1.29 is 19.2 Å². The lowest BCUT2D eigenvalue weighted by Gasteiger charge is -2.24. The summed E-state index contributed by atoms with van der Waals surface area (Å²) in [5.74, 6) is -2.13. The quantitative estimate of drug-likeness (QED) is 0.408. The van der Waals surface area contributed by atoms with Crippen LogP contribution in [0.4, 0.5) is 11.4 Å². The molecular formula is C28H16N4O4. The van der Waals surface area contributed by atoms with Gasteiger partial charge in [-0.1, -0.05) is 24.3 Å². The number of ketones is 2. The number of benzene rings is 2. The number of hydrogen-bond donors (Lipinski definition) is 0. The highest BCUT2D eigenvalue weighted by atomic mass is 16.2. The summed E-state index contributed by atoms with van der Waals surface area (Å²) in [7, 11) is 0. The molecule has 2 aliphatic heterocycles. The molecule has 2 aromatic heterocycles. The van der Waals surface area contributed by atoms with E-state index in [4.69, 9.17) is 0 Å². The molecule has 2 aliphatic rings. The zero-order valence-electron chi connectivity index (χ0n) is 18.7. The van der Waals surface area contributed by atoms with Gasteiger partial charge in [0.15, 0.2) is 0 Å². The fourth-order valence-electron chi connectivity index (χ4n) is 4.51. The molecule has 0 saturated heterocycles. The maximum atomic E-state index is 13.8. The molecular weight excluding hydrogens is 456 g/mol. The van der Waals surface area contributed by atoms with Crippen LogP contribution in [0.3, 0.4) is 0 Å². The number of aromatic nitrogens is 2. The van der Waals surface area contributed by atoms with Crippen LogP contribution in [0.15, 0.2) is 109 Å². The van der Waals surface area contributed by atoms with Gasteiger partial charge in [0, 0.05) is 35.9 Å². The number of pyridine rings is 2. The van der Waals surface area contributed by atoms with Crippen molar-refractivity contribution in [3.05, 3.63) is 131 Å². The second-order valence-corrected chi connectivity index (χ2v) is 8.15. The van der Waals surface area contributed by atoms with Crippen molar-refractivity contribution in [1.29, 1.82) is 0 Å². The number of rotatable bonds is 2. The minimum absolute atomic E-state index is 0.177. The summed E-state index contributed by atoms with van der Waals surface area (Å²) < 4.78 is 0. The first kappa shape index (κ1) is 21.3. The average Bonchev–Trinajstić information content (AvgIpc) is 3.39. The van der Waals surface area contributed by atoms with E-state index in [1.54, 1.807) is 72.8 Å². The van der Waals surface area contributed by atoms with Gasteiger partial charge in [0.05, 0.1) is 22.5 Å². The van der Waals surface area contributed by atoms with Crippen LogP contribution in [0.1, 0.15) is 41.4 Å². The summed E-state index contributed by atoms with van der Waals surface area (Å²) in [6.45, 7) is 0.